The van der Waals surface area contributed by atoms with E-state index in [9.17, 15) is 0 Å². The van der Waals surface area contributed by atoms with Crippen LogP contribution >= 0.6 is 0 Å². The zero-order valence-corrected chi connectivity index (χ0v) is 15.8. The van der Waals surface area contributed by atoms with Gasteiger partial charge in [0.2, 0.25) is 0 Å². The molecule has 0 aromatic carbocycles. The Morgan fingerprint density at radius 3 is 2.85 bits per heavy atom. The van der Waals surface area contributed by atoms with Crippen molar-refractivity contribution in [3.63, 3.8) is 0 Å². The predicted molar refractivity (Wildman–Crippen MR) is 97.5 cm³/mol. The SMILES string of the molecule is CC1c2ncc(COCC3CCOCC3)n2CCN1Cc1cnn(C)c1. The Balaban J connectivity index is 1.34. The van der Waals surface area contributed by atoms with Gasteiger partial charge in [-0.2, -0.15) is 5.10 Å². The van der Waals surface area contributed by atoms with E-state index in [2.05, 4.69) is 27.7 Å². The van der Waals surface area contributed by atoms with Gasteiger partial charge in [-0.3, -0.25) is 9.58 Å². The first kappa shape index (κ1) is 17.7. The normalized spacial score (nSPS) is 21.8. The van der Waals surface area contributed by atoms with Gasteiger partial charge < -0.3 is 14.0 Å². The van der Waals surface area contributed by atoms with Crippen molar-refractivity contribution in [2.24, 2.45) is 13.0 Å². The monoisotopic (exact) mass is 359 g/mol. The lowest BCUT2D eigenvalue weighted by molar-refractivity contribution is 0.0139. The molecular formula is C19H29N5O2. The van der Waals surface area contributed by atoms with Gasteiger partial charge in [-0.05, 0) is 25.7 Å². The van der Waals surface area contributed by atoms with E-state index in [1.165, 1.54) is 11.3 Å². The van der Waals surface area contributed by atoms with Gasteiger partial charge in [0.25, 0.3) is 0 Å². The second kappa shape index (κ2) is 7.90. The maximum Gasteiger partial charge on any atom is 0.126 e. The number of aromatic nitrogens is 4. The van der Waals surface area contributed by atoms with E-state index >= 15 is 0 Å². The highest BCUT2D eigenvalue weighted by molar-refractivity contribution is 5.12. The molecule has 2 aliphatic heterocycles. The summed E-state index contributed by atoms with van der Waals surface area (Å²) < 4.78 is 15.6. The molecule has 4 heterocycles. The summed E-state index contributed by atoms with van der Waals surface area (Å²) in [7, 11) is 1.96. The molecule has 0 saturated carbocycles. The molecule has 4 rings (SSSR count). The van der Waals surface area contributed by atoms with Crippen LogP contribution in [0.4, 0.5) is 0 Å². The molecule has 142 valence electrons. The van der Waals surface area contributed by atoms with Crippen molar-refractivity contribution in [2.45, 2.75) is 45.5 Å². The minimum absolute atomic E-state index is 0.299. The van der Waals surface area contributed by atoms with Crippen LogP contribution in [-0.2, 0) is 36.2 Å². The number of imidazole rings is 1. The number of rotatable bonds is 6. The molecule has 2 aromatic heterocycles. The summed E-state index contributed by atoms with van der Waals surface area (Å²) in [4.78, 5) is 7.16. The third-order valence-electron chi connectivity index (χ3n) is 5.59. The van der Waals surface area contributed by atoms with Gasteiger partial charge in [0.1, 0.15) is 5.82 Å². The van der Waals surface area contributed by atoms with Crippen LogP contribution in [0.5, 0.6) is 0 Å². The Bertz CT molecular complexity index is 719. The summed E-state index contributed by atoms with van der Waals surface area (Å²) in [5, 5.41) is 4.27. The molecule has 7 heteroatoms. The van der Waals surface area contributed by atoms with Crippen molar-refractivity contribution >= 4 is 0 Å². The molecule has 2 aromatic rings. The second-order valence-electron chi connectivity index (χ2n) is 7.50. The molecule has 0 N–H and O–H groups in total. The van der Waals surface area contributed by atoms with Crippen molar-refractivity contribution in [3.8, 4) is 0 Å². The van der Waals surface area contributed by atoms with Crippen LogP contribution in [0, 0.1) is 5.92 Å². The number of ether oxygens (including phenoxy) is 2. The lowest BCUT2D eigenvalue weighted by Gasteiger charge is -2.34. The minimum Gasteiger partial charge on any atom is -0.381 e. The average molecular weight is 359 g/mol. The largest absolute Gasteiger partial charge is 0.381 e. The summed E-state index contributed by atoms with van der Waals surface area (Å²) in [6.07, 6.45) is 8.26. The van der Waals surface area contributed by atoms with Crippen molar-refractivity contribution in [3.05, 3.63) is 35.7 Å². The van der Waals surface area contributed by atoms with Gasteiger partial charge in [-0.1, -0.05) is 0 Å². The van der Waals surface area contributed by atoms with Crippen LogP contribution in [0.1, 0.15) is 42.9 Å². The molecule has 1 atom stereocenters. The first-order chi connectivity index (χ1) is 12.7. The number of aryl methyl sites for hydroxylation is 1. The van der Waals surface area contributed by atoms with E-state index in [4.69, 9.17) is 14.5 Å². The molecule has 7 nitrogen and oxygen atoms in total. The highest BCUT2D eigenvalue weighted by Crippen LogP contribution is 2.27. The minimum atomic E-state index is 0.299. The van der Waals surface area contributed by atoms with Crippen molar-refractivity contribution in [1.82, 2.24) is 24.2 Å². The first-order valence-electron chi connectivity index (χ1n) is 9.62. The Morgan fingerprint density at radius 1 is 1.23 bits per heavy atom. The zero-order chi connectivity index (χ0) is 17.9. The van der Waals surface area contributed by atoms with Crippen molar-refractivity contribution < 1.29 is 9.47 Å². The van der Waals surface area contributed by atoms with E-state index in [1.807, 2.05) is 24.1 Å². The molecular weight excluding hydrogens is 330 g/mol. The molecule has 1 unspecified atom stereocenters. The van der Waals surface area contributed by atoms with E-state index < -0.39 is 0 Å². The van der Waals surface area contributed by atoms with Gasteiger partial charge in [0.05, 0.1) is 37.3 Å². The molecule has 0 bridgehead atoms. The summed E-state index contributed by atoms with van der Waals surface area (Å²) in [5.41, 5.74) is 2.44. The van der Waals surface area contributed by atoms with Crippen LogP contribution < -0.4 is 0 Å². The topological polar surface area (TPSA) is 57.3 Å². The molecule has 0 radical (unpaired) electrons. The van der Waals surface area contributed by atoms with E-state index in [0.717, 1.165) is 58.1 Å². The number of fused-ring (bicyclic) bond motifs is 1. The molecule has 0 amide bonds. The van der Waals surface area contributed by atoms with Crippen molar-refractivity contribution in [1.29, 1.82) is 0 Å². The Hall–Kier alpha value is -1.70. The van der Waals surface area contributed by atoms with E-state index in [1.54, 1.807) is 0 Å². The quantitative estimate of drug-likeness (QED) is 0.791. The van der Waals surface area contributed by atoms with Gasteiger partial charge >= 0.3 is 0 Å². The average Bonchev–Trinajstić information content (AvgIpc) is 3.25. The molecule has 0 spiro atoms. The Labute approximate surface area is 154 Å². The predicted octanol–water partition coefficient (Wildman–Crippen LogP) is 2.14. The molecule has 1 fully saturated rings. The van der Waals surface area contributed by atoms with Gasteiger partial charge in [-0.15, -0.1) is 0 Å². The fraction of sp³-hybridized carbons (Fsp3) is 0.684. The molecule has 0 aliphatic carbocycles. The second-order valence-corrected chi connectivity index (χ2v) is 7.50. The lowest BCUT2D eigenvalue weighted by Crippen LogP contribution is -2.37. The van der Waals surface area contributed by atoms with E-state index in [0.29, 0.717) is 18.6 Å². The number of hydrogen-bond acceptors (Lipinski definition) is 5. The fourth-order valence-electron chi connectivity index (χ4n) is 3.97. The van der Waals surface area contributed by atoms with E-state index in [-0.39, 0.29) is 0 Å². The zero-order valence-electron chi connectivity index (χ0n) is 15.8. The first-order valence-corrected chi connectivity index (χ1v) is 9.62. The van der Waals surface area contributed by atoms with Gasteiger partial charge in [0, 0.05) is 51.7 Å². The summed E-state index contributed by atoms with van der Waals surface area (Å²) in [6, 6.07) is 0.299. The fourth-order valence-corrected chi connectivity index (χ4v) is 3.97. The third kappa shape index (κ3) is 3.84. The number of hydrogen-bond donors (Lipinski definition) is 0. The molecule has 26 heavy (non-hydrogen) atoms. The smallest absolute Gasteiger partial charge is 0.126 e. The third-order valence-corrected chi connectivity index (χ3v) is 5.59. The molecule has 2 aliphatic rings. The van der Waals surface area contributed by atoms with Crippen molar-refractivity contribution in [2.75, 3.05) is 26.4 Å². The van der Waals surface area contributed by atoms with Crippen LogP contribution in [0.15, 0.2) is 18.6 Å². The van der Waals surface area contributed by atoms with Crippen LogP contribution in [0.25, 0.3) is 0 Å². The standard InChI is InChI=1S/C19H29N5O2/c1-15-19-20-10-18(14-26-13-16-3-7-25-8-4-16)24(19)6-5-23(15)12-17-9-21-22(2)11-17/h9-11,15-16H,3-8,12-14H2,1-2H3. The van der Waals surface area contributed by atoms with Crippen LogP contribution in [0.3, 0.4) is 0 Å². The van der Waals surface area contributed by atoms with Crippen LogP contribution in [0.2, 0.25) is 0 Å². The summed E-state index contributed by atoms with van der Waals surface area (Å²) in [5.74, 6) is 1.78. The lowest BCUT2D eigenvalue weighted by atomic mass is 10.0. The maximum atomic E-state index is 6.00. The summed E-state index contributed by atoms with van der Waals surface area (Å²) >= 11 is 0. The highest BCUT2D eigenvalue weighted by Gasteiger charge is 2.27. The summed E-state index contributed by atoms with van der Waals surface area (Å²) in [6.45, 7) is 8.37. The Kier molecular flexibility index (Phi) is 5.38. The van der Waals surface area contributed by atoms with Gasteiger partial charge in [0.15, 0.2) is 0 Å². The Morgan fingerprint density at radius 2 is 2.08 bits per heavy atom. The maximum absolute atomic E-state index is 6.00. The molecule has 1 saturated heterocycles. The highest BCUT2D eigenvalue weighted by atomic mass is 16.5. The van der Waals surface area contributed by atoms with Crippen LogP contribution in [-0.4, -0.2) is 50.6 Å². The van der Waals surface area contributed by atoms with Gasteiger partial charge in [-0.25, -0.2) is 4.98 Å². The number of nitrogens with zero attached hydrogens (tertiary/aromatic N) is 5.